The molecular formula is C15H17NO3. The van der Waals surface area contributed by atoms with E-state index in [1.807, 2.05) is 30.3 Å². The Morgan fingerprint density at radius 1 is 1.05 bits per heavy atom. The lowest BCUT2D eigenvalue weighted by Gasteiger charge is -2.14. The molecule has 0 saturated carbocycles. The number of phenols is 1. The Kier molecular flexibility index (Phi) is 4.26. The summed E-state index contributed by atoms with van der Waals surface area (Å²) in [5, 5.41) is 9.69. The minimum absolute atomic E-state index is 0.188. The normalized spacial score (nSPS) is 11.9. The van der Waals surface area contributed by atoms with Crippen LogP contribution in [0.25, 0.3) is 0 Å². The van der Waals surface area contributed by atoms with Gasteiger partial charge in [-0.05, 0) is 30.3 Å². The van der Waals surface area contributed by atoms with Crippen molar-refractivity contribution in [1.29, 1.82) is 0 Å². The van der Waals surface area contributed by atoms with Gasteiger partial charge in [-0.3, -0.25) is 0 Å². The topological polar surface area (TPSA) is 64.7 Å². The SMILES string of the molecule is COc1ccc(OCC(N)c2ccccc2O)cc1. The van der Waals surface area contributed by atoms with Crippen molar-refractivity contribution in [1.82, 2.24) is 0 Å². The van der Waals surface area contributed by atoms with Crippen molar-refractivity contribution < 1.29 is 14.6 Å². The van der Waals surface area contributed by atoms with Gasteiger partial charge in [0, 0.05) is 5.56 Å². The molecule has 19 heavy (non-hydrogen) atoms. The summed E-state index contributed by atoms with van der Waals surface area (Å²) in [7, 11) is 1.62. The first-order valence-corrected chi connectivity index (χ1v) is 6.01. The Labute approximate surface area is 112 Å². The number of benzene rings is 2. The predicted octanol–water partition coefficient (Wildman–Crippen LogP) is 2.48. The third-order valence-electron chi connectivity index (χ3n) is 2.83. The van der Waals surface area contributed by atoms with E-state index >= 15 is 0 Å². The molecule has 1 unspecified atom stereocenters. The van der Waals surface area contributed by atoms with Gasteiger partial charge >= 0.3 is 0 Å². The summed E-state index contributed by atoms with van der Waals surface area (Å²) in [5.41, 5.74) is 6.67. The van der Waals surface area contributed by atoms with Gasteiger partial charge < -0.3 is 20.3 Å². The number of nitrogens with two attached hydrogens (primary N) is 1. The predicted molar refractivity (Wildman–Crippen MR) is 73.5 cm³/mol. The molecule has 0 aliphatic carbocycles. The molecule has 0 fully saturated rings. The van der Waals surface area contributed by atoms with Gasteiger partial charge in [0.25, 0.3) is 0 Å². The summed E-state index contributed by atoms with van der Waals surface area (Å²) in [4.78, 5) is 0. The van der Waals surface area contributed by atoms with E-state index in [2.05, 4.69) is 0 Å². The maximum atomic E-state index is 9.69. The molecule has 4 nitrogen and oxygen atoms in total. The molecular weight excluding hydrogens is 242 g/mol. The molecule has 0 aliphatic rings. The molecule has 2 aromatic rings. The van der Waals surface area contributed by atoms with Crippen molar-refractivity contribution in [2.45, 2.75) is 6.04 Å². The Balaban J connectivity index is 1.96. The van der Waals surface area contributed by atoms with Gasteiger partial charge in [-0.15, -0.1) is 0 Å². The quantitative estimate of drug-likeness (QED) is 0.865. The molecule has 0 saturated heterocycles. The molecule has 3 N–H and O–H groups in total. The van der Waals surface area contributed by atoms with Gasteiger partial charge in [0.15, 0.2) is 0 Å². The van der Waals surface area contributed by atoms with Gasteiger partial charge in [0.05, 0.1) is 13.2 Å². The summed E-state index contributed by atoms with van der Waals surface area (Å²) in [6.07, 6.45) is 0. The first-order valence-electron chi connectivity index (χ1n) is 6.01. The van der Waals surface area contributed by atoms with E-state index in [0.717, 1.165) is 5.75 Å². The van der Waals surface area contributed by atoms with Gasteiger partial charge in [-0.2, -0.15) is 0 Å². The van der Waals surface area contributed by atoms with Crippen LogP contribution in [0.15, 0.2) is 48.5 Å². The molecule has 0 amide bonds. The van der Waals surface area contributed by atoms with E-state index in [1.165, 1.54) is 0 Å². The zero-order valence-electron chi connectivity index (χ0n) is 10.7. The molecule has 4 heteroatoms. The van der Waals surface area contributed by atoms with Crippen LogP contribution >= 0.6 is 0 Å². The first kappa shape index (κ1) is 13.2. The lowest BCUT2D eigenvalue weighted by molar-refractivity contribution is 0.287. The molecule has 0 aromatic heterocycles. The second kappa shape index (κ2) is 6.11. The fourth-order valence-electron chi connectivity index (χ4n) is 1.75. The van der Waals surface area contributed by atoms with Gasteiger partial charge in [0.2, 0.25) is 0 Å². The second-order valence-corrected chi connectivity index (χ2v) is 4.15. The van der Waals surface area contributed by atoms with E-state index in [0.29, 0.717) is 17.9 Å². The summed E-state index contributed by atoms with van der Waals surface area (Å²) < 4.78 is 10.7. The molecule has 2 aromatic carbocycles. The van der Waals surface area contributed by atoms with Crippen molar-refractivity contribution in [2.75, 3.05) is 13.7 Å². The third-order valence-corrected chi connectivity index (χ3v) is 2.83. The minimum atomic E-state index is -0.372. The van der Waals surface area contributed by atoms with Crippen LogP contribution in [0.4, 0.5) is 0 Å². The Morgan fingerprint density at radius 2 is 1.68 bits per heavy atom. The van der Waals surface area contributed by atoms with Crippen LogP contribution in [0.3, 0.4) is 0 Å². The molecule has 0 bridgehead atoms. The highest BCUT2D eigenvalue weighted by molar-refractivity contribution is 5.35. The maximum absolute atomic E-state index is 9.69. The molecule has 0 heterocycles. The van der Waals surface area contributed by atoms with Crippen LogP contribution in [0.1, 0.15) is 11.6 Å². The monoisotopic (exact) mass is 259 g/mol. The third kappa shape index (κ3) is 3.39. The first-order chi connectivity index (χ1) is 9.20. The number of rotatable bonds is 5. The van der Waals surface area contributed by atoms with E-state index in [4.69, 9.17) is 15.2 Å². The number of hydrogen-bond donors (Lipinski definition) is 2. The second-order valence-electron chi connectivity index (χ2n) is 4.15. The van der Waals surface area contributed by atoms with Crippen molar-refractivity contribution >= 4 is 0 Å². The van der Waals surface area contributed by atoms with E-state index in [9.17, 15) is 5.11 Å². The Morgan fingerprint density at radius 3 is 2.32 bits per heavy atom. The van der Waals surface area contributed by atoms with Gasteiger partial charge in [-0.1, -0.05) is 18.2 Å². The average Bonchev–Trinajstić information content (AvgIpc) is 2.46. The molecule has 2 rings (SSSR count). The summed E-state index contributed by atoms with van der Waals surface area (Å²) in [6.45, 7) is 0.296. The van der Waals surface area contributed by atoms with Crippen LogP contribution in [0, 0.1) is 0 Å². The van der Waals surface area contributed by atoms with Crippen molar-refractivity contribution in [3.8, 4) is 17.2 Å². The molecule has 100 valence electrons. The maximum Gasteiger partial charge on any atom is 0.120 e. The van der Waals surface area contributed by atoms with Gasteiger partial charge in [0.1, 0.15) is 23.9 Å². The highest BCUT2D eigenvalue weighted by atomic mass is 16.5. The van der Waals surface area contributed by atoms with Crippen LogP contribution in [-0.2, 0) is 0 Å². The number of aromatic hydroxyl groups is 1. The lowest BCUT2D eigenvalue weighted by atomic mass is 10.1. The van der Waals surface area contributed by atoms with Crippen LogP contribution < -0.4 is 15.2 Å². The zero-order chi connectivity index (χ0) is 13.7. The Hall–Kier alpha value is -2.20. The fourth-order valence-corrected chi connectivity index (χ4v) is 1.75. The summed E-state index contributed by atoms with van der Waals surface area (Å²) >= 11 is 0. The van der Waals surface area contributed by atoms with Crippen molar-refractivity contribution in [3.05, 3.63) is 54.1 Å². The number of phenolic OH excluding ortho intramolecular Hbond substituents is 1. The Bertz CT molecular complexity index is 525. The summed E-state index contributed by atoms with van der Waals surface area (Å²) in [5.74, 6) is 1.68. The number of para-hydroxylation sites is 1. The van der Waals surface area contributed by atoms with Gasteiger partial charge in [-0.25, -0.2) is 0 Å². The number of hydrogen-bond acceptors (Lipinski definition) is 4. The highest BCUT2D eigenvalue weighted by Gasteiger charge is 2.10. The highest BCUT2D eigenvalue weighted by Crippen LogP contribution is 2.23. The van der Waals surface area contributed by atoms with E-state index in [1.54, 1.807) is 25.3 Å². The van der Waals surface area contributed by atoms with Crippen LogP contribution in [0.2, 0.25) is 0 Å². The molecule has 0 spiro atoms. The number of methoxy groups -OCH3 is 1. The average molecular weight is 259 g/mol. The number of ether oxygens (including phenoxy) is 2. The molecule has 1 atom stereocenters. The minimum Gasteiger partial charge on any atom is -0.508 e. The van der Waals surface area contributed by atoms with Crippen molar-refractivity contribution in [2.24, 2.45) is 5.73 Å². The van der Waals surface area contributed by atoms with Crippen molar-refractivity contribution in [3.63, 3.8) is 0 Å². The molecule has 0 aliphatic heterocycles. The molecule has 0 radical (unpaired) electrons. The fraction of sp³-hybridized carbons (Fsp3) is 0.200. The lowest BCUT2D eigenvalue weighted by Crippen LogP contribution is -2.19. The zero-order valence-corrected chi connectivity index (χ0v) is 10.7. The van der Waals surface area contributed by atoms with E-state index in [-0.39, 0.29) is 11.8 Å². The smallest absolute Gasteiger partial charge is 0.120 e. The van der Waals surface area contributed by atoms with E-state index < -0.39 is 0 Å². The largest absolute Gasteiger partial charge is 0.508 e. The van der Waals surface area contributed by atoms with Crippen LogP contribution in [0.5, 0.6) is 17.2 Å². The summed E-state index contributed by atoms with van der Waals surface area (Å²) in [6, 6.07) is 13.9. The standard InChI is InChI=1S/C15H17NO3/c1-18-11-6-8-12(9-7-11)19-10-14(16)13-4-2-3-5-15(13)17/h2-9,14,17H,10,16H2,1H3. The van der Waals surface area contributed by atoms with Crippen LogP contribution in [-0.4, -0.2) is 18.8 Å².